The van der Waals surface area contributed by atoms with Crippen LogP contribution in [0.2, 0.25) is 0 Å². The Morgan fingerprint density at radius 1 is 1.08 bits per heavy atom. The van der Waals surface area contributed by atoms with Crippen molar-refractivity contribution >= 4 is 17.8 Å². The maximum atomic E-state index is 14.0. The number of nitrogens with zero attached hydrogens (tertiary/aromatic N) is 2. The monoisotopic (exact) mass is 347 g/mol. The second-order valence-corrected chi connectivity index (χ2v) is 5.80. The van der Waals surface area contributed by atoms with Crippen molar-refractivity contribution in [3.05, 3.63) is 59.7 Å². The molecule has 1 fully saturated rings. The number of hydrogen-bond donors (Lipinski definition) is 1. The van der Waals surface area contributed by atoms with Crippen LogP contribution in [0, 0.1) is 11.6 Å². The topological polar surface area (TPSA) is 44.8 Å². The van der Waals surface area contributed by atoms with Crippen LogP contribution in [-0.2, 0) is 16.1 Å². The predicted molar refractivity (Wildman–Crippen MR) is 91.1 cm³/mol. The molecule has 7 heteroatoms. The maximum absolute atomic E-state index is 14.0. The van der Waals surface area contributed by atoms with E-state index in [4.69, 9.17) is 4.74 Å². The number of nitrogens with one attached hydrogen (secondary N) is 1. The van der Waals surface area contributed by atoms with Crippen molar-refractivity contribution in [1.29, 1.82) is 0 Å². The van der Waals surface area contributed by atoms with Crippen LogP contribution in [0.3, 0.4) is 0 Å². The minimum absolute atomic E-state index is 0.373. The third-order valence-corrected chi connectivity index (χ3v) is 3.93. The van der Waals surface area contributed by atoms with Crippen molar-refractivity contribution < 1.29 is 18.3 Å². The Labute approximate surface area is 144 Å². The van der Waals surface area contributed by atoms with Crippen molar-refractivity contribution in [2.75, 3.05) is 36.7 Å². The van der Waals surface area contributed by atoms with Gasteiger partial charge in [-0.25, -0.2) is 13.8 Å². The third kappa shape index (κ3) is 4.74. The van der Waals surface area contributed by atoms with Gasteiger partial charge in [-0.15, -0.1) is 0 Å². The summed E-state index contributed by atoms with van der Waals surface area (Å²) < 4.78 is 32.3. The molecule has 0 aliphatic carbocycles. The number of hydrogen-bond acceptors (Lipinski definition) is 4. The van der Waals surface area contributed by atoms with Crippen LogP contribution in [0.4, 0.5) is 20.2 Å². The van der Waals surface area contributed by atoms with Gasteiger partial charge in [0.1, 0.15) is 11.6 Å². The van der Waals surface area contributed by atoms with Crippen LogP contribution in [0.25, 0.3) is 0 Å². The summed E-state index contributed by atoms with van der Waals surface area (Å²) in [6.45, 7) is 3.48. The second-order valence-electron chi connectivity index (χ2n) is 5.80. The summed E-state index contributed by atoms with van der Waals surface area (Å²) in [6, 6.07) is 10.0. The smallest absolute Gasteiger partial charge is 0.232 e. The number of benzene rings is 2. The summed E-state index contributed by atoms with van der Waals surface area (Å²) in [5, 5.41) is 1.17. The normalized spacial score (nSPS) is 15.0. The summed E-state index contributed by atoms with van der Waals surface area (Å²) in [5.74, 6) is -0.796. The molecule has 25 heavy (non-hydrogen) atoms. The first-order chi connectivity index (χ1) is 12.1. The lowest BCUT2D eigenvalue weighted by atomic mass is 10.1. The van der Waals surface area contributed by atoms with Gasteiger partial charge in [0.15, 0.2) is 0 Å². The number of carbonyl (C=O) groups excluding carboxylic acids is 1. The molecule has 0 unspecified atom stereocenters. The summed E-state index contributed by atoms with van der Waals surface area (Å²) in [6.07, 6.45) is 0.552. The fourth-order valence-corrected chi connectivity index (χ4v) is 2.70. The molecule has 0 aromatic heterocycles. The molecule has 1 aliphatic rings. The largest absolute Gasteiger partial charge is 0.379 e. The Morgan fingerprint density at radius 3 is 2.48 bits per heavy atom. The molecule has 0 spiro atoms. The SMILES string of the molecule is O=CN(Nc1ccc(F)cc1)c1cc(F)cc(CN2CCOCC2)c1. The zero-order valence-corrected chi connectivity index (χ0v) is 13.6. The zero-order chi connectivity index (χ0) is 17.6. The molecule has 132 valence electrons. The van der Waals surface area contributed by atoms with Crippen molar-refractivity contribution in [2.45, 2.75) is 6.54 Å². The first-order valence-corrected chi connectivity index (χ1v) is 8.00. The highest BCUT2D eigenvalue weighted by Gasteiger charge is 2.14. The number of halogens is 2. The summed E-state index contributed by atoms with van der Waals surface area (Å²) in [7, 11) is 0. The number of hydrazine groups is 1. The van der Waals surface area contributed by atoms with Gasteiger partial charge in [-0.2, -0.15) is 0 Å². The fourth-order valence-electron chi connectivity index (χ4n) is 2.70. The van der Waals surface area contributed by atoms with Crippen LogP contribution >= 0.6 is 0 Å². The molecule has 1 saturated heterocycles. The number of amides is 1. The van der Waals surface area contributed by atoms with Crippen molar-refractivity contribution in [2.24, 2.45) is 0 Å². The molecule has 3 rings (SSSR count). The van der Waals surface area contributed by atoms with Crippen LogP contribution < -0.4 is 10.4 Å². The van der Waals surface area contributed by atoms with E-state index in [1.807, 2.05) is 0 Å². The fraction of sp³-hybridized carbons (Fsp3) is 0.278. The molecule has 0 saturated carbocycles. The Morgan fingerprint density at radius 2 is 1.80 bits per heavy atom. The van der Waals surface area contributed by atoms with Crippen LogP contribution in [0.1, 0.15) is 5.56 Å². The van der Waals surface area contributed by atoms with E-state index in [9.17, 15) is 13.6 Å². The maximum Gasteiger partial charge on any atom is 0.232 e. The molecule has 1 aliphatic heterocycles. The van der Waals surface area contributed by atoms with Gasteiger partial charge in [-0.1, -0.05) is 0 Å². The van der Waals surface area contributed by atoms with Crippen LogP contribution in [0.5, 0.6) is 0 Å². The number of ether oxygens (including phenoxy) is 1. The van der Waals surface area contributed by atoms with Crippen LogP contribution in [0.15, 0.2) is 42.5 Å². The molecule has 0 radical (unpaired) electrons. The van der Waals surface area contributed by atoms with Gasteiger partial charge >= 0.3 is 0 Å². The van der Waals surface area contributed by atoms with Gasteiger partial charge in [0, 0.05) is 19.6 Å². The van der Waals surface area contributed by atoms with Crippen molar-refractivity contribution in [3.63, 3.8) is 0 Å². The molecule has 1 heterocycles. The average Bonchev–Trinajstić information content (AvgIpc) is 2.61. The molecular weight excluding hydrogens is 328 g/mol. The van der Waals surface area contributed by atoms with Crippen molar-refractivity contribution in [1.82, 2.24) is 4.90 Å². The van der Waals surface area contributed by atoms with Gasteiger partial charge in [0.2, 0.25) is 6.41 Å². The van der Waals surface area contributed by atoms with Gasteiger partial charge in [-0.3, -0.25) is 15.1 Å². The standard InChI is InChI=1S/C18H19F2N3O2/c19-15-1-3-17(4-2-15)21-23(13-24)18-10-14(9-16(20)11-18)12-22-5-7-25-8-6-22/h1-4,9-11,13,21H,5-8,12H2. The number of morpholine rings is 1. The summed E-state index contributed by atoms with van der Waals surface area (Å²) in [5.41, 5.74) is 4.50. The summed E-state index contributed by atoms with van der Waals surface area (Å²) >= 11 is 0. The highest BCUT2D eigenvalue weighted by Crippen LogP contribution is 2.21. The van der Waals surface area contributed by atoms with E-state index < -0.39 is 5.82 Å². The Bertz CT molecular complexity index is 719. The van der Waals surface area contributed by atoms with Gasteiger partial charge < -0.3 is 4.74 Å². The number of rotatable bonds is 6. The lowest BCUT2D eigenvalue weighted by molar-refractivity contribution is -0.107. The molecule has 0 bridgehead atoms. The minimum atomic E-state index is -0.423. The van der Waals surface area contributed by atoms with E-state index in [1.165, 1.54) is 41.4 Å². The van der Waals surface area contributed by atoms with Gasteiger partial charge in [-0.05, 0) is 48.0 Å². The van der Waals surface area contributed by atoms with E-state index in [-0.39, 0.29) is 5.82 Å². The first-order valence-electron chi connectivity index (χ1n) is 8.00. The van der Waals surface area contributed by atoms with E-state index >= 15 is 0 Å². The Kier molecular flexibility index (Phi) is 5.57. The van der Waals surface area contributed by atoms with Crippen LogP contribution in [-0.4, -0.2) is 37.6 Å². The Hall–Kier alpha value is -2.51. The highest BCUT2D eigenvalue weighted by molar-refractivity contribution is 5.78. The molecule has 2 aromatic carbocycles. The van der Waals surface area contributed by atoms with E-state index in [0.29, 0.717) is 37.5 Å². The lowest BCUT2D eigenvalue weighted by Gasteiger charge is -2.27. The van der Waals surface area contributed by atoms with Gasteiger partial charge in [0.05, 0.1) is 24.6 Å². The number of carbonyl (C=O) groups is 1. The van der Waals surface area contributed by atoms with E-state index in [0.717, 1.165) is 18.7 Å². The second kappa shape index (κ2) is 8.04. The van der Waals surface area contributed by atoms with Gasteiger partial charge in [0.25, 0.3) is 0 Å². The molecular formula is C18H19F2N3O2. The average molecular weight is 347 g/mol. The first kappa shape index (κ1) is 17.3. The molecule has 1 N–H and O–H groups in total. The van der Waals surface area contributed by atoms with Crippen molar-refractivity contribution in [3.8, 4) is 0 Å². The summed E-state index contributed by atoms with van der Waals surface area (Å²) in [4.78, 5) is 13.6. The number of anilines is 2. The minimum Gasteiger partial charge on any atom is -0.379 e. The molecule has 1 amide bonds. The molecule has 2 aromatic rings. The lowest BCUT2D eigenvalue weighted by Crippen LogP contribution is -2.35. The quantitative estimate of drug-likeness (QED) is 0.645. The van der Waals surface area contributed by atoms with E-state index in [2.05, 4.69) is 10.3 Å². The zero-order valence-electron chi connectivity index (χ0n) is 13.6. The molecule has 5 nitrogen and oxygen atoms in total. The molecule has 0 atom stereocenters. The third-order valence-electron chi connectivity index (χ3n) is 3.93. The predicted octanol–water partition coefficient (Wildman–Crippen LogP) is 2.79. The Balaban J connectivity index is 1.76. The highest BCUT2D eigenvalue weighted by atomic mass is 19.1. The van der Waals surface area contributed by atoms with E-state index in [1.54, 1.807) is 6.07 Å².